The maximum Gasteiger partial charge on any atom is 0.255 e. The van der Waals surface area contributed by atoms with E-state index in [2.05, 4.69) is 30.3 Å². The van der Waals surface area contributed by atoms with Crippen molar-refractivity contribution in [3.05, 3.63) is 272 Å². The largest absolute Gasteiger partial charge is 0.457 e. The molecule has 0 bridgehead atoms. The zero-order valence-electron chi connectivity index (χ0n) is 63.3. The highest BCUT2D eigenvalue weighted by molar-refractivity contribution is 7.20. The van der Waals surface area contributed by atoms with E-state index in [0.717, 1.165) is 44.7 Å². The minimum absolute atomic E-state index is 0.0349. The van der Waals surface area contributed by atoms with E-state index in [1.54, 1.807) is 22.8 Å². The first kappa shape index (κ1) is 29.8. The van der Waals surface area contributed by atoms with Crippen molar-refractivity contribution in [2.45, 2.75) is 39.9 Å². The number of ether oxygens (including phenoxy) is 1. The van der Waals surface area contributed by atoms with E-state index in [1.165, 1.54) is 6.07 Å². The van der Waals surface area contributed by atoms with Crippen LogP contribution >= 0.6 is 0 Å². The van der Waals surface area contributed by atoms with E-state index in [4.69, 9.17) is 17.1 Å². The number of benzene rings is 10. The van der Waals surface area contributed by atoms with Crippen LogP contribution in [-0.4, -0.2) is 22.2 Å². The van der Waals surface area contributed by atoms with Crippen molar-refractivity contribution in [1.29, 1.82) is 0 Å². The third-order valence-corrected chi connectivity index (χ3v) is 19.0. The minimum atomic E-state index is -5.59. The fourth-order valence-electron chi connectivity index (χ4n) is 11.4. The van der Waals surface area contributed by atoms with Crippen molar-refractivity contribution in [1.82, 2.24) is 14.1 Å². The molecule has 78 heavy (non-hydrogen) atoms. The molecule has 1 aliphatic rings. The third kappa shape index (κ3) is 7.50. The average molecular weight is 1040 g/mol. The Bertz CT molecular complexity index is 5400. The molecule has 0 atom stereocenters. The Morgan fingerprint density at radius 3 is 1.82 bits per heavy atom. The molecule has 0 spiro atoms. The number of imidazole rings is 1. The molecule has 0 aliphatic carbocycles. The molecule has 1 aliphatic heterocycles. The zero-order chi connectivity index (χ0) is 70.8. The Labute approximate surface area is 486 Å². The van der Waals surface area contributed by atoms with E-state index in [-0.39, 0.29) is 22.1 Å². The summed E-state index contributed by atoms with van der Waals surface area (Å²) >= 11 is 0. The Hall–Kier alpha value is -9.36. The lowest BCUT2D eigenvalue weighted by molar-refractivity contribution is -0.567. The fourth-order valence-corrected chi connectivity index (χ4v) is 15.2. The summed E-state index contributed by atoms with van der Waals surface area (Å²) in [5.74, 6) is 1.03. The maximum absolute atomic E-state index is 9.83. The zero-order valence-corrected chi connectivity index (χ0v) is 43.3. The highest BCUT2D eigenvalue weighted by atomic mass is 28.3. The summed E-state index contributed by atoms with van der Waals surface area (Å²) in [6.45, 7) is 0.674. The van der Waals surface area contributed by atoms with Gasteiger partial charge in [0.25, 0.3) is 6.33 Å². The van der Waals surface area contributed by atoms with Crippen molar-refractivity contribution < 1.29 is 38.1 Å². The topological polar surface area (TPSA) is 35.9 Å². The molecule has 0 fully saturated rings. The van der Waals surface area contributed by atoms with Gasteiger partial charge in [-0.2, -0.15) is 9.13 Å². The van der Waals surface area contributed by atoms with Crippen molar-refractivity contribution in [2.24, 2.45) is 0 Å². The van der Waals surface area contributed by atoms with Gasteiger partial charge in [0.2, 0.25) is 0 Å². The van der Waals surface area contributed by atoms with Crippen LogP contribution in [0.25, 0.3) is 83.4 Å². The van der Waals surface area contributed by atoms with Crippen LogP contribution in [0.15, 0.2) is 255 Å². The average Bonchev–Trinajstić information content (AvgIpc) is 1.28. The number of rotatable bonds is 8. The summed E-state index contributed by atoms with van der Waals surface area (Å²) < 4.78 is 203. The first-order chi connectivity index (χ1) is 46.8. The van der Waals surface area contributed by atoms with Gasteiger partial charge in [0.15, 0.2) is 19.1 Å². The molecule has 3 aromatic heterocycles. The van der Waals surface area contributed by atoms with Crippen LogP contribution in [0.2, 0.25) is 0 Å². The van der Waals surface area contributed by atoms with Gasteiger partial charge >= 0.3 is 0 Å². The predicted octanol–water partition coefficient (Wildman–Crippen LogP) is 14.8. The second kappa shape index (κ2) is 18.4. The Balaban J connectivity index is 1.03. The number of hydrogen-bond donors (Lipinski definition) is 0. The summed E-state index contributed by atoms with van der Waals surface area (Å²) in [6, 6.07) is 33.4. The van der Waals surface area contributed by atoms with Gasteiger partial charge in [-0.15, -0.1) is 0 Å². The summed E-state index contributed by atoms with van der Waals surface area (Å²) in [4.78, 5) is 4.55. The Kier molecular flexibility index (Phi) is 7.05. The molecule has 0 unspecified atom stereocenters. The van der Waals surface area contributed by atoms with Gasteiger partial charge in [0, 0.05) is 54.0 Å². The van der Waals surface area contributed by atoms with E-state index < -0.39 is 133 Å². The van der Waals surface area contributed by atoms with Crippen molar-refractivity contribution >= 4 is 61.7 Å². The number of pyridine rings is 1. The van der Waals surface area contributed by atoms with E-state index >= 15 is 0 Å². The van der Waals surface area contributed by atoms with Crippen LogP contribution in [0.1, 0.15) is 66.2 Å². The van der Waals surface area contributed by atoms with Gasteiger partial charge in [0.05, 0.1) is 31.6 Å². The van der Waals surface area contributed by atoms with Gasteiger partial charge < -0.3 is 4.74 Å². The molecular formula is C72H57N4OSi+. The fraction of sp³-hybridized carbons (Fsp3) is 0.0833. The van der Waals surface area contributed by atoms with Crippen LogP contribution in [0.4, 0.5) is 0 Å². The lowest BCUT2D eigenvalue weighted by Crippen LogP contribution is -2.74. The van der Waals surface area contributed by atoms with Crippen molar-refractivity contribution in [2.75, 3.05) is 0 Å². The van der Waals surface area contributed by atoms with Gasteiger partial charge in [0.1, 0.15) is 28.7 Å². The van der Waals surface area contributed by atoms with Crippen LogP contribution < -0.4 is 30.1 Å². The highest BCUT2D eigenvalue weighted by Gasteiger charge is 2.42. The first-order valence-electron chi connectivity index (χ1n) is 35.8. The minimum Gasteiger partial charge on any atom is -0.457 e. The molecule has 4 heterocycles. The SMILES string of the molecule is [2H]c1c([2H])c([2H])c([Si](c2ccc3c(c2)-c2cccc(C(C)(C)C)c2-[n+]2cn(-c4cccc(Oc5ccc6c7ccccc7n(-c7cc(C([2H])([2H])[2H])c(C([2H])([2H])[2H])cn7)c6c5)c4)c4cccc(c42)-c2ccccc2-3)(c2c([2H])c([2H])c([2H])c([2H])c2[2H])c2c([2H])c([2H])c([2H])c([2H])c2[2H])c([2H])c1[2H]. The van der Waals surface area contributed by atoms with Crippen LogP contribution in [0.3, 0.4) is 0 Å². The smallest absolute Gasteiger partial charge is 0.255 e. The molecule has 10 aromatic carbocycles. The molecule has 14 rings (SSSR count). The van der Waals surface area contributed by atoms with Crippen LogP contribution in [0.5, 0.6) is 11.5 Å². The maximum atomic E-state index is 9.83. The normalized spacial score (nSPS) is 16.3. The highest BCUT2D eigenvalue weighted by Crippen LogP contribution is 2.45. The quantitative estimate of drug-likeness (QED) is 0.0864. The number of fused-ring (bicyclic) bond motifs is 10. The summed E-state index contributed by atoms with van der Waals surface area (Å²) in [5.41, 5.74) is 7.40. The summed E-state index contributed by atoms with van der Waals surface area (Å²) in [5, 5.41) is -0.208. The van der Waals surface area contributed by atoms with Crippen LogP contribution in [0, 0.1) is 13.7 Å². The number of aryl methyl sites for hydroxylation is 2. The third-order valence-electron chi connectivity index (χ3n) is 14.8. The number of aromatic nitrogens is 4. The lowest BCUT2D eigenvalue weighted by atomic mass is 9.82. The molecular weight excluding hydrogens is 965 g/mol. The van der Waals surface area contributed by atoms with Crippen molar-refractivity contribution in [3.63, 3.8) is 0 Å². The molecule has 0 radical (unpaired) electrons. The molecule has 0 amide bonds. The molecule has 5 nitrogen and oxygen atoms in total. The second-order valence-corrected chi connectivity index (χ2v) is 23.8. The predicted molar refractivity (Wildman–Crippen MR) is 325 cm³/mol. The summed E-state index contributed by atoms with van der Waals surface area (Å²) in [7, 11) is -5.59. The van der Waals surface area contributed by atoms with E-state index in [1.807, 2.05) is 138 Å². The molecule has 0 N–H and O–H groups in total. The Morgan fingerprint density at radius 2 is 1.10 bits per heavy atom. The molecule has 13 aromatic rings. The molecule has 0 saturated carbocycles. The van der Waals surface area contributed by atoms with Gasteiger partial charge in [-0.3, -0.25) is 4.57 Å². The van der Waals surface area contributed by atoms with Gasteiger partial charge in [-0.1, -0.05) is 202 Å². The first-order valence-corrected chi connectivity index (χ1v) is 27.3. The number of hydrogen-bond acceptors (Lipinski definition) is 2. The van der Waals surface area contributed by atoms with Gasteiger partial charge in [-0.05, 0) is 122 Å². The molecule has 0 saturated heterocycles. The number of nitrogens with zero attached hydrogens (tertiary/aromatic N) is 4. The molecule has 6 heteroatoms. The van der Waals surface area contributed by atoms with Crippen LogP contribution in [-0.2, 0) is 5.41 Å². The standard InChI is InChI=1S/C72H57N4OSi/c1-48-42-69(73-46-49(48)2)76-66-36-18-17-32-60(66)61-40-38-52(44-68(61)76)77-51-23-19-22-50(43-51)74-47-75-70-63(33-20-35-65(70)72(3,4)5)64-45-56(39-41-59(64)57-30-15-16-31-58(57)62-34-21-37-67(74)71(62)75)78(53-24-9-6-10-25-53,54-26-11-7-12-27-54)55-28-13-8-14-29-55/h6-47H,1-5H3/q+1/i1D3,2D3,6D,7D,8D,9D,10D,11D,12D,13D,14D,24D,25D,26D,27D,28D,29D. The number of para-hydroxylation sites is 3. The van der Waals surface area contributed by atoms with Gasteiger partial charge in [-0.25, -0.2) is 4.98 Å². The molecule has 374 valence electrons. The lowest BCUT2D eigenvalue weighted by Gasteiger charge is -2.35. The van der Waals surface area contributed by atoms with Crippen molar-refractivity contribution in [3.8, 4) is 62.1 Å². The second-order valence-electron chi connectivity index (χ2n) is 20.3. The monoisotopic (exact) mass is 1040 g/mol. The summed E-state index contributed by atoms with van der Waals surface area (Å²) in [6.07, 6.45) is 3.07. The van der Waals surface area contributed by atoms with E-state index in [0.29, 0.717) is 56.2 Å². The van der Waals surface area contributed by atoms with E-state index in [9.17, 15) is 16.4 Å². The Morgan fingerprint density at radius 1 is 0.500 bits per heavy atom.